The van der Waals surface area contributed by atoms with Crippen molar-refractivity contribution in [2.24, 2.45) is 5.41 Å². The highest BCUT2D eigenvalue weighted by atomic mass is 35.5. The molecule has 10 heteroatoms. The van der Waals surface area contributed by atoms with Gasteiger partial charge in [-0.2, -0.15) is 17.6 Å². The predicted molar refractivity (Wildman–Crippen MR) is 98.5 cm³/mol. The first kappa shape index (κ1) is 23.9. The number of ether oxygens (including phenoxy) is 1. The molecule has 4 nitrogen and oxygen atoms in total. The standard InChI is InChI=1S/C20H18ClF5O4/c1-2-19(18(28)29,16(27)12-4-6-13(22)7-5-12)10-11-3-8-14(21)15(9-11)30-20(25,26)17(23)24/h3-9,16-17,27H,2,10H2,1H3,(H,28,29). The van der Waals surface area contributed by atoms with Gasteiger partial charge in [0.25, 0.3) is 0 Å². The highest BCUT2D eigenvalue weighted by Gasteiger charge is 2.46. The molecule has 30 heavy (non-hydrogen) atoms. The van der Waals surface area contributed by atoms with Gasteiger partial charge in [0.15, 0.2) is 0 Å². The first-order valence-electron chi connectivity index (χ1n) is 8.73. The van der Waals surface area contributed by atoms with Crippen molar-refractivity contribution in [3.8, 4) is 5.75 Å². The van der Waals surface area contributed by atoms with Crippen molar-refractivity contribution in [2.45, 2.75) is 38.4 Å². The number of rotatable bonds is 9. The zero-order chi connectivity index (χ0) is 22.7. The summed E-state index contributed by atoms with van der Waals surface area (Å²) in [5.41, 5.74) is -1.59. The van der Waals surface area contributed by atoms with Gasteiger partial charge in [-0.1, -0.05) is 36.7 Å². The van der Waals surface area contributed by atoms with Gasteiger partial charge in [-0.3, -0.25) is 4.79 Å². The molecule has 0 amide bonds. The van der Waals surface area contributed by atoms with Crippen molar-refractivity contribution >= 4 is 17.6 Å². The van der Waals surface area contributed by atoms with Gasteiger partial charge in [0.05, 0.1) is 11.1 Å². The summed E-state index contributed by atoms with van der Waals surface area (Å²) in [4.78, 5) is 12.1. The molecule has 2 aromatic carbocycles. The molecule has 0 saturated carbocycles. The van der Waals surface area contributed by atoms with Crippen LogP contribution in [0, 0.1) is 11.2 Å². The Hall–Kier alpha value is -2.39. The lowest BCUT2D eigenvalue weighted by atomic mass is 9.72. The third-order valence-corrected chi connectivity index (χ3v) is 5.09. The summed E-state index contributed by atoms with van der Waals surface area (Å²) in [7, 11) is 0. The van der Waals surface area contributed by atoms with E-state index in [9.17, 15) is 37.0 Å². The first-order valence-corrected chi connectivity index (χ1v) is 9.11. The minimum atomic E-state index is -4.80. The summed E-state index contributed by atoms with van der Waals surface area (Å²) in [6.45, 7) is 1.50. The third-order valence-electron chi connectivity index (χ3n) is 4.78. The van der Waals surface area contributed by atoms with Crippen LogP contribution in [0.3, 0.4) is 0 Å². The Kier molecular flexibility index (Phi) is 7.31. The number of aliphatic carboxylic acids is 1. The molecule has 0 fully saturated rings. The van der Waals surface area contributed by atoms with Crippen LogP contribution in [0.25, 0.3) is 0 Å². The average molecular weight is 453 g/mol. The molecule has 0 aliphatic carbocycles. The number of carboxylic acids is 1. The molecule has 0 spiro atoms. The van der Waals surface area contributed by atoms with Gasteiger partial charge in [0.2, 0.25) is 0 Å². The maximum atomic E-state index is 13.3. The van der Waals surface area contributed by atoms with Crippen molar-refractivity contribution < 1.29 is 41.7 Å². The second-order valence-electron chi connectivity index (χ2n) is 6.68. The summed E-state index contributed by atoms with van der Waals surface area (Å²) in [6.07, 6.45) is -10.9. The Morgan fingerprint density at radius 2 is 1.77 bits per heavy atom. The largest absolute Gasteiger partial charge is 0.481 e. The van der Waals surface area contributed by atoms with Gasteiger partial charge in [-0.15, -0.1) is 0 Å². The molecule has 2 rings (SSSR count). The number of carboxylic acid groups (broad SMARTS) is 1. The number of halogens is 6. The Morgan fingerprint density at radius 3 is 2.27 bits per heavy atom. The van der Waals surface area contributed by atoms with E-state index in [-0.39, 0.29) is 29.0 Å². The van der Waals surface area contributed by atoms with E-state index in [1.807, 2.05) is 0 Å². The number of aliphatic hydroxyl groups is 1. The van der Waals surface area contributed by atoms with Crippen LogP contribution in [-0.2, 0) is 11.2 Å². The predicted octanol–water partition coefficient (Wildman–Crippen LogP) is 5.47. The summed E-state index contributed by atoms with van der Waals surface area (Å²) < 4.78 is 68.6. The molecular formula is C20H18ClF5O4. The molecule has 164 valence electrons. The number of aliphatic hydroxyl groups excluding tert-OH is 1. The second kappa shape index (κ2) is 9.18. The van der Waals surface area contributed by atoms with Gasteiger partial charge >= 0.3 is 18.5 Å². The topological polar surface area (TPSA) is 66.8 Å². The molecule has 2 unspecified atom stereocenters. The van der Waals surface area contributed by atoms with Crippen molar-refractivity contribution in [1.29, 1.82) is 0 Å². The van der Waals surface area contributed by atoms with Gasteiger partial charge < -0.3 is 14.9 Å². The third kappa shape index (κ3) is 5.02. The Bertz CT molecular complexity index is 891. The van der Waals surface area contributed by atoms with E-state index < -0.39 is 41.6 Å². The molecule has 0 bridgehead atoms. The van der Waals surface area contributed by atoms with Crippen molar-refractivity contribution in [2.75, 3.05) is 0 Å². The fraction of sp³-hybridized carbons (Fsp3) is 0.350. The molecule has 0 radical (unpaired) electrons. The minimum absolute atomic E-state index is 0.0904. The van der Waals surface area contributed by atoms with E-state index in [4.69, 9.17) is 11.6 Å². The Morgan fingerprint density at radius 1 is 1.17 bits per heavy atom. The number of benzene rings is 2. The van der Waals surface area contributed by atoms with Crippen LogP contribution in [0.1, 0.15) is 30.6 Å². The lowest BCUT2D eigenvalue weighted by Crippen LogP contribution is -2.39. The van der Waals surface area contributed by atoms with E-state index in [1.165, 1.54) is 25.1 Å². The summed E-state index contributed by atoms with van der Waals surface area (Å²) in [5.74, 6) is -2.73. The summed E-state index contributed by atoms with van der Waals surface area (Å²) >= 11 is 5.74. The number of hydrogen-bond acceptors (Lipinski definition) is 3. The van der Waals surface area contributed by atoms with E-state index in [0.29, 0.717) is 0 Å². The zero-order valence-electron chi connectivity index (χ0n) is 15.6. The Labute approximate surface area is 173 Å². The van der Waals surface area contributed by atoms with E-state index >= 15 is 0 Å². The van der Waals surface area contributed by atoms with Gasteiger partial charge in [-0.25, -0.2) is 4.39 Å². The molecule has 0 aromatic heterocycles. The lowest BCUT2D eigenvalue weighted by molar-refractivity contribution is -0.253. The molecule has 2 atom stereocenters. The van der Waals surface area contributed by atoms with Crippen LogP contribution in [0.15, 0.2) is 42.5 Å². The maximum Gasteiger partial charge on any atom is 0.461 e. The van der Waals surface area contributed by atoms with Crippen molar-refractivity contribution in [1.82, 2.24) is 0 Å². The van der Waals surface area contributed by atoms with Gasteiger partial charge in [-0.05, 0) is 48.2 Å². The molecule has 0 aliphatic heterocycles. The fourth-order valence-corrected chi connectivity index (χ4v) is 3.17. The average Bonchev–Trinajstić information content (AvgIpc) is 2.68. The minimum Gasteiger partial charge on any atom is -0.481 e. The zero-order valence-corrected chi connectivity index (χ0v) is 16.3. The number of hydrogen-bond donors (Lipinski definition) is 2. The molecule has 0 saturated heterocycles. The van der Waals surface area contributed by atoms with Crippen LogP contribution in [0.5, 0.6) is 5.75 Å². The normalized spacial score (nSPS) is 15.0. The van der Waals surface area contributed by atoms with Crippen molar-refractivity contribution in [3.63, 3.8) is 0 Å². The van der Waals surface area contributed by atoms with Crippen LogP contribution in [-0.4, -0.2) is 28.7 Å². The van der Waals surface area contributed by atoms with E-state index in [0.717, 1.165) is 24.3 Å². The second-order valence-corrected chi connectivity index (χ2v) is 7.08. The molecule has 0 aliphatic rings. The van der Waals surface area contributed by atoms with Crippen LogP contribution in [0.4, 0.5) is 22.0 Å². The molecule has 2 N–H and O–H groups in total. The fourth-order valence-electron chi connectivity index (χ4n) is 3.01. The van der Waals surface area contributed by atoms with Gasteiger partial charge in [0.1, 0.15) is 17.0 Å². The number of carbonyl (C=O) groups is 1. The monoisotopic (exact) mass is 452 g/mol. The van der Waals surface area contributed by atoms with Crippen LogP contribution < -0.4 is 4.74 Å². The van der Waals surface area contributed by atoms with Crippen molar-refractivity contribution in [3.05, 3.63) is 64.4 Å². The highest BCUT2D eigenvalue weighted by molar-refractivity contribution is 6.32. The summed E-state index contributed by atoms with van der Waals surface area (Å²) in [6, 6.07) is 7.90. The lowest BCUT2D eigenvalue weighted by Gasteiger charge is -2.34. The van der Waals surface area contributed by atoms with E-state index in [1.54, 1.807) is 0 Å². The SMILES string of the molecule is CCC(Cc1ccc(Cl)c(OC(F)(F)C(F)F)c1)(C(=O)O)C(O)c1ccc(F)cc1. The van der Waals surface area contributed by atoms with Crippen LogP contribution in [0.2, 0.25) is 5.02 Å². The maximum absolute atomic E-state index is 13.3. The van der Waals surface area contributed by atoms with Crippen LogP contribution >= 0.6 is 11.6 Å². The van der Waals surface area contributed by atoms with Gasteiger partial charge in [0, 0.05) is 0 Å². The Balaban J connectivity index is 2.43. The highest BCUT2D eigenvalue weighted by Crippen LogP contribution is 2.42. The van der Waals surface area contributed by atoms with E-state index in [2.05, 4.69) is 4.74 Å². The smallest absolute Gasteiger partial charge is 0.461 e. The number of alkyl halides is 4. The first-order chi connectivity index (χ1) is 13.9. The molecule has 2 aromatic rings. The molecular weight excluding hydrogens is 435 g/mol. The quantitative estimate of drug-likeness (QED) is 0.495. The summed E-state index contributed by atoms with van der Waals surface area (Å²) in [5, 5.41) is 20.2. The molecule has 0 heterocycles.